The molecule has 6 nitrogen and oxygen atoms in total. The molecule has 0 aliphatic carbocycles. The Labute approximate surface area is 119 Å². The van der Waals surface area contributed by atoms with Gasteiger partial charge in [-0.3, -0.25) is 10.1 Å². The molecule has 2 atom stereocenters. The Kier molecular flexibility index (Phi) is 5.67. The first-order valence-electron chi connectivity index (χ1n) is 6.19. The Morgan fingerprint density at radius 3 is 2.20 bits per heavy atom. The van der Waals surface area contributed by atoms with Crippen LogP contribution in [-0.4, -0.2) is 34.6 Å². The van der Waals surface area contributed by atoms with Crippen LogP contribution < -0.4 is 10.0 Å². The summed E-state index contributed by atoms with van der Waals surface area (Å²) in [6, 6.07) is 5.95. The summed E-state index contributed by atoms with van der Waals surface area (Å²) in [5, 5.41) is 3.08. The zero-order valence-electron chi connectivity index (χ0n) is 12.0. The van der Waals surface area contributed by atoms with Crippen molar-refractivity contribution >= 4 is 16.0 Å². The van der Waals surface area contributed by atoms with Crippen molar-refractivity contribution in [2.75, 3.05) is 14.2 Å². The van der Waals surface area contributed by atoms with Gasteiger partial charge in [0.05, 0.1) is 12.0 Å². The molecule has 0 unspecified atom stereocenters. The lowest BCUT2D eigenvalue weighted by Crippen LogP contribution is -2.36. The van der Waals surface area contributed by atoms with Gasteiger partial charge in [0.2, 0.25) is 10.0 Å². The van der Waals surface area contributed by atoms with E-state index in [0.29, 0.717) is 0 Å². The van der Waals surface area contributed by atoms with E-state index in [1.807, 2.05) is 6.92 Å². The molecule has 0 spiro atoms. The lowest BCUT2D eigenvalue weighted by atomic mass is 10.1. The number of ether oxygens (including phenoxy) is 1. The lowest BCUT2D eigenvalue weighted by molar-refractivity contribution is -0.142. The van der Waals surface area contributed by atoms with Gasteiger partial charge in [-0.05, 0) is 38.6 Å². The molecule has 7 heteroatoms. The Bertz CT molecular complexity index is 554. The molecule has 0 radical (unpaired) electrons. The maximum atomic E-state index is 11.6. The second kappa shape index (κ2) is 6.83. The molecule has 1 rings (SSSR count). The minimum atomic E-state index is -3.43. The van der Waals surface area contributed by atoms with E-state index in [-0.39, 0.29) is 16.9 Å². The van der Waals surface area contributed by atoms with Gasteiger partial charge < -0.3 is 4.74 Å². The standard InChI is InChI=1S/C13H20N2O4S/c1-9(15-10(2)13(16)19-4)11-5-7-12(8-6-11)20(17,18)14-3/h5-10,14-15H,1-4H3/t9-,10-/m1/s1. The summed E-state index contributed by atoms with van der Waals surface area (Å²) in [4.78, 5) is 11.5. The van der Waals surface area contributed by atoms with Gasteiger partial charge in [-0.25, -0.2) is 13.1 Å². The van der Waals surface area contributed by atoms with Crippen molar-refractivity contribution in [3.63, 3.8) is 0 Å². The number of nitrogens with one attached hydrogen (secondary N) is 2. The van der Waals surface area contributed by atoms with Gasteiger partial charge in [0, 0.05) is 6.04 Å². The van der Waals surface area contributed by atoms with Crippen LogP contribution in [0, 0.1) is 0 Å². The minimum absolute atomic E-state index is 0.101. The normalized spacial score (nSPS) is 14.6. The van der Waals surface area contributed by atoms with Crippen LogP contribution in [0.2, 0.25) is 0 Å². The van der Waals surface area contributed by atoms with Crippen LogP contribution >= 0.6 is 0 Å². The molecule has 1 aromatic rings. The highest BCUT2D eigenvalue weighted by atomic mass is 32.2. The van der Waals surface area contributed by atoms with Crippen LogP contribution in [0.4, 0.5) is 0 Å². The summed E-state index contributed by atoms with van der Waals surface area (Å²) in [6.07, 6.45) is 0. The predicted octanol–water partition coefficient (Wildman–Crippen LogP) is 0.807. The molecule has 0 aliphatic heterocycles. The second-order valence-corrected chi connectivity index (χ2v) is 6.30. The molecule has 2 N–H and O–H groups in total. The number of carbonyl (C=O) groups excluding carboxylic acids is 1. The molecule has 1 aromatic carbocycles. The van der Waals surface area contributed by atoms with Crippen LogP contribution in [0.25, 0.3) is 0 Å². The number of rotatable bonds is 6. The van der Waals surface area contributed by atoms with Crippen LogP contribution in [0.15, 0.2) is 29.2 Å². The van der Waals surface area contributed by atoms with Gasteiger partial charge in [-0.2, -0.15) is 0 Å². The maximum Gasteiger partial charge on any atom is 0.322 e. The lowest BCUT2D eigenvalue weighted by Gasteiger charge is -2.18. The molecule has 0 aromatic heterocycles. The molecule has 112 valence electrons. The van der Waals surface area contributed by atoms with Crippen molar-refractivity contribution in [1.82, 2.24) is 10.0 Å². The highest BCUT2D eigenvalue weighted by Gasteiger charge is 2.17. The Hall–Kier alpha value is -1.44. The minimum Gasteiger partial charge on any atom is -0.468 e. The summed E-state index contributed by atoms with van der Waals surface area (Å²) in [6.45, 7) is 3.60. The molecule has 0 fully saturated rings. The van der Waals surface area contributed by atoms with Crippen molar-refractivity contribution in [2.45, 2.75) is 30.8 Å². The smallest absolute Gasteiger partial charge is 0.322 e. The summed E-state index contributed by atoms with van der Waals surface area (Å²) in [5.74, 6) is -0.341. The first-order valence-corrected chi connectivity index (χ1v) is 7.67. The number of sulfonamides is 1. The Balaban J connectivity index is 2.81. The van der Waals surface area contributed by atoms with E-state index in [4.69, 9.17) is 0 Å². The monoisotopic (exact) mass is 300 g/mol. The van der Waals surface area contributed by atoms with Gasteiger partial charge in [0.1, 0.15) is 6.04 Å². The number of carbonyl (C=O) groups is 1. The second-order valence-electron chi connectivity index (χ2n) is 4.41. The molecular weight excluding hydrogens is 280 g/mol. The van der Waals surface area contributed by atoms with Gasteiger partial charge >= 0.3 is 5.97 Å². The van der Waals surface area contributed by atoms with Gasteiger partial charge in [0.15, 0.2) is 0 Å². The van der Waals surface area contributed by atoms with E-state index in [1.54, 1.807) is 19.1 Å². The van der Waals surface area contributed by atoms with Gasteiger partial charge in [0.25, 0.3) is 0 Å². The quantitative estimate of drug-likeness (QED) is 0.759. The van der Waals surface area contributed by atoms with Crippen LogP contribution in [0.3, 0.4) is 0 Å². The van der Waals surface area contributed by atoms with Crippen molar-refractivity contribution < 1.29 is 17.9 Å². The van der Waals surface area contributed by atoms with Crippen molar-refractivity contribution in [3.8, 4) is 0 Å². The molecule has 0 saturated carbocycles. The zero-order chi connectivity index (χ0) is 15.3. The van der Waals surface area contributed by atoms with Crippen LogP contribution in [0.1, 0.15) is 25.5 Å². The van der Waals surface area contributed by atoms with Crippen LogP contribution in [0.5, 0.6) is 0 Å². The highest BCUT2D eigenvalue weighted by molar-refractivity contribution is 7.89. The Morgan fingerprint density at radius 2 is 1.75 bits per heavy atom. The van der Waals surface area contributed by atoms with E-state index in [9.17, 15) is 13.2 Å². The first-order chi connectivity index (χ1) is 9.31. The topological polar surface area (TPSA) is 84.5 Å². The summed E-state index contributed by atoms with van der Waals surface area (Å²) < 4.78 is 30.1. The summed E-state index contributed by atoms with van der Waals surface area (Å²) in [5.41, 5.74) is 0.885. The average Bonchev–Trinajstić information content (AvgIpc) is 2.46. The van der Waals surface area contributed by atoms with E-state index >= 15 is 0 Å². The van der Waals surface area contributed by atoms with E-state index < -0.39 is 16.1 Å². The van der Waals surface area contributed by atoms with Crippen molar-refractivity contribution in [3.05, 3.63) is 29.8 Å². The average molecular weight is 300 g/mol. The summed E-state index contributed by atoms with van der Waals surface area (Å²) >= 11 is 0. The number of hydrogen-bond acceptors (Lipinski definition) is 5. The maximum absolute atomic E-state index is 11.6. The highest BCUT2D eigenvalue weighted by Crippen LogP contribution is 2.16. The van der Waals surface area contributed by atoms with Gasteiger partial charge in [-0.1, -0.05) is 12.1 Å². The summed E-state index contributed by atoms with van der Waals surface area (Å²) in [7, 11) is -0.723. The largest absolute Gasteiger partial charge is 0.468 e. The number of esters is 1. The van der Waals surface area contributed by atoms with Crippen LogP contribution in [-0.2, 0) is 19.6 Å². The van der Waals surface area contributed by atoms with E-state index in [1.165, 1.54) is 26.3 Å². The molecule has 0 amide bonds. The number of methoxy groups -OCH3 is 1. The molecule has 0 bridgehead atoms. The third-order valence-corrected chi connectivity index (χ3v) is 4.44. The fraction of sp³-hybridized carbons (Fsp3) is 0.462. The zero-order valence-corrected chi connectivity index (χ0v) is 12.8. The third kappa shape index (κ3) is 4.03. The first kappa shape index (κ1) is 16.6. The number of benzene rings is 1. The fourth-order valence-electron chi connectivity index (χ4n) is 1.77. The third-order valence-electron chi connectivity index (χ3n) is 3.01. The van der Waals surface area contributed by atoms with E-state index in [2.05, 4.69) is 14.8 Å². The molecule has 0 aliphatic rings. The Morgan fingerprint density at radius 1 is 1.20 bits per heavy atom. The molecular formula is C13H20N2O4S. The van der Waals surface area contributed by atoms with Crippen molar-refractivity contribution in [2.24, 2.45) is 0 Å². The van der Waals surface area contributed by atoms with Crippen molar-refractivity contribution in [1.29, 1.82) is 0 Å². The number of hydrogen-bond donors (Lipinski definition) is 2. The van der Waals surface area contributed by atoms with E-state index in [0.717, 1.165) is 5.56 Å². The SMILES string of the molecule is CNS(=O)(=O)c1ccc([C@@H](C)N[C@H](C)C(=O)OC)cc1. The molecule has 20 heavy (non-hydrogen) atoms. The molecule has 0 saturated heterocycles. The molecule has 0 heterocycles. The fourth-order valence-corrected chi connectivity index (χ4v) is 2.50. The van der Waals surface area contributed by atoms with Gasteiger partial charge in [-0.15, -0.1) is 0 Å². The predicted molar refractivity (Wildman–Crippen MR) is 75.7 cm³/mol.